The maximum absolute atomic E-state index is 13.7. The van der Waals surface area contributed by atoms with Crippen LogP contribution in [-0.2, 0) is 39.9 Å². The summed E-state index contributed by atoms with van der Waals surface area (Å²) in [6, 6.07) is 18.9. The van der Waals surface area contributed by atoms with Gasteiger partial charge in [-0.15, -0.1) is 0 Å². The number of amides is 4. The number of ether oxygens (including phenoxy) is 2. The van der Waals surface area contributed by atoms with E-state index in [2.05, 4.69) is 16.0 Å². The number of nitrogens with zero attached hydrogens (tertiary/aromatic N) is 1. The van der Waals surface area contributed by atoms with E-state index in [-0.39, 0.29) is 25.6 Å². The summed E-state index contributed by atoms with van der Waals surface area (Å²) in [4.78, 5) is 77.5. The molecule has 5 N–H and O–H groups in total. The minimum atomic E-state index is -1.74. The maximum atomic E-state index is 13.7. The number of carbonyl (C=O) groups is 6. The zero-order valence-corrected chi connectivity index (χ0v) is 29.2. The lowest BCUT2D eigenvalue weighted by atomic mass is 9.98. The third kappa shape index (κ3) is 10.2. The molecule has 3 aromatic carbocycles. The number of rotatable bonds is 18. The second-order valence-electron chi connectivity index (χ2n) is 12.5. The molecule has 14 heteroatoms. The number of hydrogen-bond acceptors (Lipinski definition) is 8. The molecule has 52 heavy (non-hydrogen) atoms. The van der Waals surface area contributed by atoms with Crippen LogP contribution in [-0.4, -0.2) is 102 Å². The quantitative estimate of drug-likeness (QED) is 0.122. The van der Waals surface area contributed by atoms with Crippen molar-refractivity contribution < 1.29 is 48.5 Å². The number of hydrogen-bond donors (Lipinski definition) is 5. The fourth-order valence-electron chi connectivity index (χ4n) is 5.91. The van der Waals surface area contributed by atoms with Crippen LogP contribution in [0, 0.1) is 0 Å². The fraction of sp³-hybridized carbons (Fsp3) is 0.368. The van der Waals surface area contributed by atoms with Gasteiger partial charge in [0.15, 0.2) is 0 Å². The average Bonchev–Trinajstić information content (AvgIpc) is 3.45. The number of alkyl carbamates (subject to hydrolysis) is 1. The van der Waals surface area contributed by atoms with Gasteiger partial charge in [-0.25, -0.2) is 9.59 Å². The molecule has 4 amide bonds. The van der Waals surface area contributed by atoms with Crippen LogP contribution in [0.4, 0.5) is 4.79 Å². The molecule has 0 aliphatic heterocycles. The van der Waals surface area contributed by atoms with E-state index in [4.69, 9.17) is 14.6 Å². The van der Waals surface area contributed by atoms with Crippen molar-refractivity contribution in [3.8, 4) is 11.1 Å². The van der Waals surface area contributed by atoms with Crippen LogP contribution in [0.15, 0.2) is 78.9 Å². The monoisotopic (exact) mass is 716 g/mol. The molecular weight excluding hydrogens is 672 g/mol. The lowest BCUT2D eigenvalue weighted by molar-refractivity contribution is -0.147. The van der Waals surface area contributed by atoms with Gasteiger partial charge >= 0.3 is 18.0 Å². The van der Waals surface area contributed by atoms with Crippen molar-refractivity contribution in [2.45, 2.75) is 63.2 Å². The van der Waals surface area contributed by atoms with Gasteiger partial charge in [0.05, 0.1) is 13.0 Å². The van der Waals surface area contributed by atoms with E-state index >= 15 is 0 Å². The summed E-state index contributed by atoms with van der Waals surface area (Å²) < 4.78 is 11.3. The minimum absolute atomic E-state index is 0.0191. The Morgan fingerprint density at radius 3 is 1.92 bits per heavy atom. The van der Waals surface area contributed by atoms with Gasteiger partial charge in [0.2, 0.25) is 17.7 Å². The van der Waals surface area contributed by atoms with Gasteiger partial charge in [-0.1, -0.05) is 85.8 Å². The third-order valence-corrected chi connectivity index (χ3v) is 8.78. The molecule has 276 valence electrons. The second-order valence-corrected chi connectivity index (χ2v) is 12.5. The number of fused-ring (bicyclic) bond motifs is 3. The molecule has 0 saturated carbocycles. The highest BCUT2D eigenvalue weighted by atomic mass is 16.5. The highest BCUT2D eigenvalue weighted by Gasteiger charge is 2.34. The van der Waals surface area contributed by atoms with Gasteiger partial charge in [0.1, 0.15) is 30.8 Å². The van der Waals surface area contributed by atoms with Crippen LogP contribution < -0.4 is 16.0 Å². The van der Waals surface area contributed by atoms with Crippen LogP contribution in [0.5, 0.6) is 0 Å². The Morgan fingerprint density at radius 1 is 0.769 bits per heavy atom. The van der Waals surface area contributed by atoms with E-state index in [1.54, 1.807) is 30.3 Å². The van der Waals surface area contributed by atoms with Crippen LogP contribution >= 0.6 is 0 Å². The molecule has 1 aliphatic carbocycles. The predicted molar refractivity (Wildman–Crippen MR) is 189 cm³/mol. The first-order chi connectivity index (χ1) is 24.9. The standard InChI is InChI=1S/C38H44N4O10/c1-4-18-51-22-32(41-38(50)52-21-29-27-16-10-8-14-25(27)26-15-9-11-17-28(26)29)36(47)42(3)23(2)34(45)39-30(19-24-12-6-5-7-13-24)35(46)40-31(37(48)49)20-33(43)44/h5-17,23,29-32H,4,18-22H2,1-3H3,(H,39,45)(H,40,46)(H,41,50)(H,43,44)(H,48,49)/t23-,30-,31-,32-/m0/s1. The molecule has 0 unspecified atom stereocenters. The fourth-order valence-corrected chi connectivity index (χ4v) is 5.91. The number of nitrogens with one attached hydrogen (secondary N) is 3. The topological polar surface area (TPSA) is 201 Å². The predicted octanol–water partition coefficient (Wildman–Crippen LogP) is 2.94. The minimum Gasteiger partial charge on any atom is -0.481 e. The average molecular weight is 717 g/mol. The van der Waals surface area contributed by atoms with E-state index in [0.29, 0.717) is 18.6 Å². The first-order valence-electron chi connectivity index (χ1n) is 17.0. The molecule has 0 bridgehead atoms. The smallest absolute Gasteiger partial charge is 0.407 e. The molecule has 1 aliphatic rings. The number of likely N-dealkylation sites (N-methyl/N-ethyl adjacent to an activating group) is 1. The van der Waals surface area contributed by atoms with Crippen LogP contribution in [0.1, 0.15) is 49.3 Å². The number of carboxylic acids is 2. The molecule has 0 radical (unpaired) electrons. The van der Waals surface area contributed by atoms with Crippen LogP contribution in [0.25, 0.3) is 11.1 Å². The Bertz CT molecular complexity index is 1700. The van der Waals surface area contributed by atoms with E-state index in [0.717, 1.165) is 27.2 Å². The lowest BCUT2D eigenvalue weighted by Gasteiger charge is -2.30. The van der Waals surface area contributed by atoms with Crippen molar-refractivity contribution in [3.05, 3.63) is 95.6 Å². The molecule has 0 aromatic heterocycles. The maximum Gasteiger partial charge on any atom is 0.407 e. The van der Waals surface area contributed by atoms with E-state index in [1.165, 1.54) is 14.0 Å². The SMILES string of the molecule is CCCOC[C@H](NC(=O)OCC1c2ccccc2-c2ccccc21)C(=O)N(C)[C@@H](C)C(=O)N[C@@H](Cc1ccccc1)C(=O)N[C@@H](CC(=O)O)C(=O)O. The molecule has 0 spiro atoms. The Labute approximate surface area is 301 Å². The first-order valence-corrected chi connectivity index (χ1v) is 17.0. The van der Waals surface area contributed by atoms with Crippen molar-refractivity contribution >= 4 is 35.8 Å². The first kappa shape index (κ1) is 39.0. The van der Waals surface area contributed by atoms with Gasteiger partial charge in [-0.2, -0.15) is 0 Å². The zero-order chi connectivity index (χ0) is 37.8. The molecule has 4 atom stereocenters. The van der Waals surface area contributed by atoms with Crippen molar-refractivity contribution in [3.63, 3.8) is 0 Å². The van der Waals surface area contributed by atoms with Gasteiger partial charge in [-0.3, -0.25) is 19.2 Å². The zero-order valence-electron chi connectivity index (χ0n) is 29.2. The summed E-state index contributed by atoms with van der Waals surface area (Å²) in [5.74, 6) is -5.54. The van der Waals surface area contributed by atoms with Crippen LogP contribution in [0.3, 0.4) is 0 Å². The molecule has 0 fully saturated rings. The lowest BCUT2D eigenvalue weighted by Crippen LogP contribution is -2.58. The van der Waals surface area contributed by atoms with Crippen molar-refractivity contribution in [2.75, 3.05) is 26.9 Å². The molecular formula is C38H44N4O10. The van der Waals surface area contributed by atoms with Gasteiger partial charge in [0, 0.05) is 26.0 Å². The number of carboxylic acid groups (broad SMARTS) is 2. The van der Waals surface area contributed by atoms with Crippen molar-refractivity contribution in [1.29, 1.82) is 0 Å². The summed E-state index contributed by atoms with van der Waals surface area (Å²) in [6.07, 6.45) is -1.13. The summed E-state index contributed by atoms with van der Waals surface area (Å²) in [6.45, 7) is 3.44. The van der Waals surface area contributed by atoms with Crippen molar-refractivity contribution in [2.24, 2.45) is 0 Å². The normalized spacial score (nSPS) is 14.1. The van der Waals surface area contributed by atoms with E-state index < -0.39 is 66.3 Å². The Hall–Kier alpha value is -5.76. The second kappa shape index (κ2) is 18.5. The van der Waals surface area contributed by atoms with Gasteiger partial charge in [0.25, 0.3) is 0 Å². The highest BCUT2D eigenvalue weighted by Crippen LogP contribution is 2.44. The highest BCUT2D eigenvalue weighted by molar-refractivity contribution is 5.95. The molecule has 3 aromatic rings. The Balaban J connectivity index is 1.44. The Kier molecular flexibility index (Phi) is 13.9. The van der Waals surface area contributed by atoms with Gasteiger partial charge in [-0.05, 0) is 41.2 Å². The number of carbonyl (C=O) groups excluding carboxylic acids is 4. The van der Waals surface area contributed by atoms with E-state index in [9.17, 15) is 33.9 Å². The third-order valence-electron chi connectivity index (χ3n) is 8.78. The summed E-state index contributed by atoms with van der Waals surface area (Å²) >= 11 is 0. The van der Waals surface area contributed by atoms with Crippen LogP contribution in [0.2, 0.25) is 0 Å². The van der Waals surface area contributed by atoms with Crippen molar-refractivity contribution in [1.82, 2.24) is 20.9 Å². The summed E-state index contributed by atoms with van der Waals surface area (Å²) in [5.41, 5.74) is 4.80. The largest absolute Gasteiger partial charge is 0.481 e. The van der Waals surface area contributed by atoms with Gasteiger partial charge < -0.3 is 40.5 Å². The summed E-state index contributed by atoms with van der Waals surface area (Å²) in [5, 5.41) is 25.9. The molecule has 4 rings (SSSR count). The molecule has 0 heterocycles. The Morgan fingerprint density at radius 2 is 1.35 bits per heavy atom. The van der Waals surface area contributed by atoms with E-state index in [1.807, 2.05) is 55.5 Å². The molecule has 14 nitrogen and oxygen atoms in total. The summed E-state index contributed by atoms with van der Waals surface area (Å²) in [7, 11) is 1.36. The number of benzene rings is 3. The molecule has 0 saturated heterocycles. The number of aliphatic carboxylic acids is 2.